The molecule has 2 saturated carbocycles. The summed E-state index contributed by atoms with van der Waals surface area (Å²) in [6.07, 6.45) is -7.57. The number of carbonyl (C=O) groups excluding carboxylic acids is 2. The summed E-state index contributed by atoms with van der Waals surface area (Å²) in [5, 5.41) is 8.87. The summed E-state index contributed by atoms with van der Waals surface area (Å²) < 4.78 is 78.4. The van der Waals surface area contributed by atoms with Gasteiger partial charge in [0.1, 0.15) is 0 Å². The molecule has 1 unspecified atom stereocenters. The van der Waals surface area contributed by atoms with Crippen LogP contribution in [0.3, 0.4) is 0 Å². The van der Waals surface area contributed by atoms with Crippen LogP contribution in [0, 0.1) is 0 Å². The third-order valence-electron chi connectivity index (χ3n) is 5.40. The number of amides is 2. The quantitative estimate of drug-likeness (QED) is 0.351. The highest BCUT2D eigenvalue weighted by Gasteiger charge is 2.45. The topological polar surface area (TPSA) is 131 Å². The van der Waals surface area contributed by atoms with Crippen LogP contribution < -0.4 is 16.1 Å². The van der Waals surface area contributed by atoms with Gasteiger partial charge >= 0.3 is 18.2 Å². The molecule has 2 amide bonds. The van der Waals surface area contributed by atoms with Crippen molar-refractivity contribution in [2.75, 3.05) is 0 Å². The second-order valence-corrected chi connectivity index (χ2v) is 11.0. The molecule has 0 bridgehead atoms. The number of thiophene rings is 2. The number of hydrogen-bond donors (Lipinski definition) is 3. The molecule has 0 spiro atoms. The number of nitrogens with one attached hydrogen (secondary N) is 3. The highest BCUT2D eigenvalue weighted by Crippen LogP contribution is 2.32. The standard InChI is InChI=1S/C11H10F3N3O2S.C11H8F3N3O2S/c2*12-11(13,14)10-16-8(17-19-10)6-3-4-7(20-6)9(18)15-5-1-2-5/h3-5,10H,1-2H2,(H,15,18)(H,16,17);3-5H,1-2H2,(H,15,18). The molecule has 1 atom stereocenters. The Bertz CT molecular complexity index is 1420. The number of aromatic nitrogens is 2. The molecule has 40 heavy (non-hydrogen) atoms. The van der Waals surface area contributed by atoms with Gasteiger partial charge in [-0.05, 0) is 49.9 Å². The molecular formula is C22H18F6N6O4S2. The molecule has 3 aromatic heterocycles. The number of nitrogens with zero attached hydrogens (tertiary/aromatic N) is 3. The first-order valence-corrected chi connectivity index (χ1v) is 13.3. The van der Waals surface area contributed by atoms with Crippen molar-refractivity contribution in [1.82, 2.24) is 26.3 Å². The Hall–Kier alpha value is -3.51. The van der Waals surface area contributed by atoms with E-state index < -0.39 is 24.5 Å². The van der Waals surface area contributed by atoms with Gasteiger partial charge < -0.3 is 15.2 Å². The minimum absolute atomic E-state index is 0.0113. The Morgan fingerprint density at radius 1 is 0.875 bits per heavy atom. The fraction of sp³-hybridized carbons (Fsp3) is 0.409. The zero-order valence-electron chi connectivity index (χ0n) is 19.9. The summed E-state index contributed by atoms with van der Waals surface area (Å²) in [7, 11) is 0. The summed E-state index contributed by atoms with van der Waals surface area (Å²) in [5.74, 6) is -2.03. The van der Waals surface area contributed by atoms with Gasteiger partial charge in [0, 0.05) is 12.1 Å². The second-order valence-electron chi connectivity index (χ2n) is 8.84. The minimum atomic E-state index is -4.67. The largest absolute Gasteiger partial charge is 0.471 e. The van der Waals surface area contributed by atoms with Crippen LogP contribution in [0.5, 0.6) is 0 Å². The molecule has 10 nitrogen and oxygen atoms in total. The smallest absolute Gasteiger partial charge is 0.349 e. The third kappa shape index (κ3) is 6.97. The number of alkyl halides is 6. The van der Waals surface area contributed by atoms with Crippen molar-refractivity contribution in [3.8, 4) is 10.7 Å². The van der Waals surface area contributed by atoms with Crippen LogP contribution in [0.15, 0.2) is 33.8 Å². The lowest BCUT2D eigenvalue weighted by Crippen LogP contribution is -2.29. The Labute approximate surface area is 228 Å². The predicted octanol–water partition coefficient (Wildman–Crippen LogP) is 4.52. The van der Waals surface area contributed by atoms with E-state index >= 15 is 0 Å². The maximum atomic E-state index is 12.4. The molecule has 18 heteroatoms. The lowest BCUT2D eigenvalue weighted by molar-refractivity contribution is -0.220. The van der Waals surface area contributed by atoms with E-state index in [4.69, 9.17) is 0 Å². The molecule has 3 aromatic rings. The molecule has 0 saturated heterocycles. The summed E-state index contributed by atoms with van der Waals surface area (Å²) in [5.41, 5.74) is 2.14. The van der Waals surface area contributed by atoms with E-state index in [-0.39, 0.29) is 35.6 Å². The predicted molar refractivity (Wildman–Crippen MR) is 129 cm³/mol. The van der Waals surface area contributed by atoms with Crippen molar-refractivity contribution < 1.29 is 45.3 Å². The van der Waals surface area contributed by atoms with Crippen LogP contribution in [-0.4, -0.2) is 52.3 Å². The van der Waals surface area contributed by atoms with E-state index in [0.717, 1.165) is 48.4 Å². The summed E-state index contributed by atoms with van der Waals surface area (Å²) in [6.45, 7) is 0. The van der Waals surface area contributed by atoms with Gasteiger partial charge in [-0.15, -0.1) is 22.7 Å². The summed E-state index contributed by atoms with van der Waals surface area (Å²) >= 11 is 2.09. The average molecular weight is 609 g/mol. The average Bonchev–Trinajstić information content (AvgIpc) is 3.55. The number of carbonyl (C=O) groups is 2. The molecule has 1 aliphatic heterocycles. The second kappa shape index (κ2) is 10.8. The molecule has 2 fully saturated rings. The Kier molecular flexibility index (Phi) is 7.58. The van der Waals surface area contributed by atoms with Gasteiger partial charge in [0.25, 0.3) is 18.0 Å². The van der Waals surface area contributed by atoms with Crippen molar-refractivity contribution in [2.24, 2.45) is 4.99 Å². The molecule has 6 rings (SSSR count). The molecule has 0 radical (unpaired) electrons. The first kappa shape index (κ1) is 28.0. The van der Waals surface area contributed by atoms with E-state index in [1.54, 1.807) is 12.1 Å². The lowest BCUT2D eigenvalue weighted by atomic mass is 10.4. The van der Waals surface area contributed by atoms with Gasteiger partial charge in [-0.3, -0.25) is 9.59 Å². The summed E-state index contributed by atoms with van der Waals surface area (Å²) in [6, 6.07) is 6.57. The molecule has 4 heterocycles. The van der Waals surface area contributed by atoms with Crippen LogP contribution in [0.2, 0.25) is 0 Å². The number of hydroxylamine groups is 1. The van der Waals surface area contributed by atoms with E-state index in [1.807, 2.05) is 0 Å². The van der Waals surface area contributed by atoms with Gasteiger partial charge in [-0.2, -0.15) is 31.3 Å². The molecule has 214 valence electrons. The van der Waals surface area contributed by atoms with Crippen LogP contribution in [0.4, 0.5) is 26.3 Å². The van der Waals surface area contributed by atoms with Crippen LogP contribution >= 0.6 is 22.7 Å². The number of aliphatic imine (C=N–C) groups is 1. The van der Waals surface area contributed by atoms with Crippen molar-refractivity contribution in [2.45, 2.75) is 56.3 Å². The summed E-state index contributed by atoms with van der Waals surface area (Å²) in [4.78, 5) is 36.2. The van der Waals surface area contributed by atoms with E-state index in [0.29, 0.717) is 19.5 Å². The van der Waals surface area contributed by atoms with E-state index in [1.165, 1.54) is 12.1 Å². The fourth-order valence-electron chi connectivity index (χ4n) is 3.11. The maximum absolute atomic E-state index is 12.4. The molecule has 2 aliphatic carbocycles. The number of halogens is 6. The highest BCUT2D eigenvalue weighted by molar-refractivity contribution is 7.17. The van der Waals surface area contributed by atoms with E-state index in [9.17, 15) is 35.9 Å². The van der Waals surface area contributed by atoms with Gasteiger partial charge in [0.2, 0.25) is 5.82 Å². The van der Waals surface area contributed by atoms with Gasteiger partial charge in [0.15, 0.2) is 5.84 Å². The maximum Gasteiger partial charge on any atom is 0.471 e. The van der Waals surface area contributed by atoms with Gasteiger partial charge in [0.05, 0.1) is 19.5 Å². The van der Waals surface area contributed by atoms with Crippen molar-refractivity contribution >= 4 is 40.3 Å². The Morgan fingerprint density at radius 2 is 1.43 bits per heavy atom. The number of amidine groups is 1. The van der Waals surface area contributed by atoms with Crippen molar-refractivity contribution in [3.05, 3.63) is 44.8 Å². The zero-order valence-corrected chi connectivity index (χ0v) is 21.6. The Morgan fingerprint density at radius 3 is 1.90 bits per heavy atom. The Balaban J connectivity index is 0.000000161. The third-order valence-corrected chi connectivity index (χ3v) is 7.57. The van der Waals surface area contributed by atoms with Crippen molar-refractivity contribution in [1.29, 1.82) is 0 Å². The van der Waals surface area contributed by atoms with E-state index in [2.05, 4.69) is 40.6 Å². The lowest BCUT2D eigenvalue weighted by Gasteiger charge is -2.08. The first-order chi connectivity index (χ1) is 18.9. The van der Waals surface area contributed by atoms with Crippen LogP contribution in [-0.2, 0) is 11.0 Å². The highest BCUT2D eigenvalue weighted by atomic mass is 32.1. The van der Waals surface area contributed by atoms with Gasteiger partial charge in [-0.25, -0.2) is 15.3 Å². The van der Waals surface area contributed by atoms with Gasteiger partial charge in [-0.1, -0.05) is 5.16 Å². The number of hydrogen-bond acceptors (Lipinski definition) is 10. The van der Waals surface area contributed by atoms with Crippen LogP contribution in [0.25, 0.3) is 10.7 Å². The first-order valence-electron chi connectivity index (χ1n) is 11.7. The zero-order chi connectivity index (χ0) is 28.7. The molecule has 3 N–H and O–H groups in total. The SMILES string of the molecule is O=C(NC1CC1)c1ccc(-c2noc(C(F)(F)F)n2)s1.O=C(NC1CC1)c1ccc(C2=NC(C(F)(F)F)ON2)s1. The monoisotopic (exact) mass is 608 g/mol. The normalized spacial score (nSPS) is 18.9. The van der Waals surface area contributed by atoms with Crippen LogP contribution in [0.1, 0.15) is 55.8 Å². The van der Waals surface area contributed by atoms with Crippen molar-refractivity contribution in [3.63, 3.8) is 0 Å². The molecule has 3 aliphatic rings. The fourth-order valence-corrected chi connectivity index (χ4v) is 4.80. The molecular weight excluding hydrogens is 590 g/mol. The number of rotatable bonds is 6. The minimum Gasteiger partial charge on any atom is -0.349 e. The molecule has 0 aromatic carbocycles.